The predicted octanol–water partition coefficient (Wildman–Crippen LogP) is 2.80. The molecule has 23 heavy (non-hydrogen) atoms. The van der Waals surface area contributed by atoms with Crippen LogP contribution in [0.1, 0.15) is 25.7 Å². The summed E-state index contributed by atoms with van der Waals surface area (Å²) in [5, 5.41) is 0.676. The van der Waals surface area contributed by atoms with Crippen LogP contribution in [-0.2, 0) is 4.79 Å². The van der Waals surface area contributed by atoms with Crippen LogP contribution in [0.3, 0.4) is 0 Å². The molecule has 1 aromatic carbocycles. The summed E-state index contributed by atoms with van der Waals surface area (Å²) in [6, 6.07) is 8.18. The molecule has 2 atom stereocenters. The Kier molecular flexibility index (Phi) is 4.20. The van der Waals surface area contributed by atoms with Gasteiger partial charge in [-0.05, 0) is 43.4 Å². The molecule has 3 aliphatic rings. The van der Waals surface area contributed by atoms with E-state index < -0.39 is 0 Å². The van der Waals surface area contributed by atoms with Gasteiger partial charge in [0.2, 0.25) is 5.91 Å². The zero-order valence-corrected chi connectivity index (χ0v) is 14.0. The molecule has 0 spiro atoms. The van der Waals surface area contributed by atoms with E-state index in [-0.39, 0.29) is 12.0 Å². The van der Waals surface area contributed by atoms with Crippen molar-refractivity contribution in [1.82, 2.24) is 9.80 Å². The summed E-state index contributed by atoms with van der Waals surface area (Å²) in [6.07, 6.45) is 4.82. The number of ether oxygens (including phenoxy) is 1. The smallest absolute Gasteiger partial charge is 0.224 e. The molecular weight excluding hydrogens is 312 g/mol. The third kappa shape index (κ3) is 3.33. The number of halogens is 1. The number of amides is 1. The standard InChI is InChI=1S/C18H23ClN2O2/c19-14-2-1-3-16(9-14)23-17-11-21(12-17)18(22)6-7-20-10-13-4-5-15(20)8-13/h1-3,9,13,15,17H,4-8,10-12H2/t13-,15+/m0/s1. The molecule has 0 radical (unpaired) electrons. The van der Waals surface area contributed by atoms with Gasteiger partial charge in [0.05, 0.1) is 13.1 Å². The van der Waals surface area contributed by atoms with Crippen LogP contribution in [0.25, 0.3) is 0 Å². The van der Waals surface area contributed by atoms with E-state index in [1.54, 1.807) is 0 Å². The molecule has 2 aliphatic heterocycles. The first-order valence-electron chi connectivity index (χ1n) is 8.61. The quantitative estimate of drug-likeness (QED) is 0.830. The molecule has 0 unspecified atom stereocenters. The van der Waals surface area contributed by atoms with Crippen LogP contribution in [0.15, 0.2) is 24.3 Å². The summed E-state index contributed by atoms with van der Waals surface area (Å²) in [4.78, 5) is 16.7. The summed E-state index contributed by atoms with van der Waals surface area (Å²) in [5.41, 5.74) is 0. The second-order valence-electron chi connectivity index (χ2n) is 7.07. The van der Waals surface area contributed by atoms with E-state index in [1.807, 2.05) is 29.2 Å². The fourth-order valence-electron chi connectivity index (χ4n) is 4.15. The highest BCUT2D eigenvalue weighted by atomic mass is 35.5. The highest BCUT2D eigenvalue weighted by molar-refractivity contribution is 6.30. The third-order valence-corrected chi connectivity index (χ3v) is 5.67. The van der Waals surface area contributed by atoms with Crippen LogP contribution < -0.4 is 4.74 Å². The van der Waals surface area contributed by atoms with E-state index in [4.69, 9.17) is 16.3 Å². The van der Waals surface area contributed by atoms with Gasteiger partial charge in [-0.1, -0.05) is 17.7 Å². The Morgan fingerprint density at radius 2 is 2.13 bits per heavy atom. The van der Waals surface area contributed by atoms with Crippen LogP contribution >= 0.6 is 11.6 Å². The number of carbonyl (C=O) groups is 1. The van der Waals surface area contributed by atoms with Crippen LogP contribution in [0.5, 0.6) is 5.75 Å². The molecule has 2 saturated heterocycles. The molecule has 1 aromatic rings. The minimum atomic E-state index is 0.0974. The minimum absolute atomic E-state index is 0.0974. The molecule has 0 aromatic heterocycles. The summed E-state index contributed by atoms with van der Waals surface area (Å²) >= 11 is 5.95. The molecule has 2 bridgehead atoms. The Labute approximate surface area is 142 Å². The van der Waals surface area contributed by atoms with E-state index in [2.05, 4.69) is 4.90 Å². The lowest BCUT2D eigenvalue weighted by Gasteiger charge is -2.39. The summed E-state index contributed by atoms with van der Waals surface area (Å²) in [7, 11) is 0. The molecular formula is C18H23ClN2O2. The van der Waals surface area contributed by atoms with Crippen molar-refractivity contribution in [3.63, 3.8) is 0 Å². The number of nitrogens with zero attached hydrogens (tertiary/aromatic N) is 2. The Bertz CT molecular complexity index is 588. The lowest BCUT2D eigenvalue weighted by molar-refractivity contribution is -0.140. The van der Waals surface area contributed by atoms with Gasteiger partial charge in [0, 0.05) is 30.6 Å². The molecule has 5 heteroatoms. The van der Waals surface area contributed by atoms with Gasteiger partial charge >= 0.3 is 0 Å². The second-order valence-corrected chi connectivity index (χ2v) is 7.51. The maximum atomic E-state index is 12.3. The molecule has 3 fully saturated rings. The van der Waals surface area contributed by atoms with Crippen molar-refractivity contribution in [2.24, 2.45) is 5.92 Å². The van der Waals surface area contributed by atoms with Gasteiger partial charge in [-0.2, -0.15) is 0 Å². The first kappa shape index (κ1) is 15.3. The van der Waals surface area contributed by atoms with Crippen LogP contribution in [-0.4, -0.2) is 54.0 Å². The lowest BCUT2D eigenvalue weighted by Crippen LogP contribution is -2.56. The Hall–Kier alpha value is -1.26. The SMILES string of the molecule is O=C(CCN1C[C@H]2CC[C@@H]1C2)N1CC(Oc2cccc(Cl)c2)C1. The van der Waals surface area contributed by atoms with Gasteiger partial charge < -0.3 is 9.64 Å². The van der Waals surface area contributed by atoms with Gasteiger partial charge in [-0.3, -0.25) is 9.69 Å². The summed E-state index contributed by atoms with van der Waals surface area (Å²) < 4.78 is 5.84. The van der Waals surface area contributed by atoms with Crippen molar-refractivity contribution >= 4 is 17.5 Å². The van der Waals surface area contributed by atoms with Crippen molar-refractivity contribution in [1.29, 1.82) is 0 Å². The van der Waals surface area contributed by atoms with Crippen molar-refractivity contribution in [2.45, 2.75) is 37.8 Å². The number of likely N-dealkylation sites (tertiary alicyclic amines) is 2. The molecule has 4 nitrogen and oxygen atoms in total. The van der Waals surface area contributed by atoms with Crippen LogP contribution in [0, 0.1) is 5.92 Å². The van der Waals surface area contributed by atoms with E-state index in [9.17, 15) is 4.79 Å². The van der Waals surface area contributed by atoms with E-state index in [0.29, 0.717) is 24.5 Å². The predicted molar refractivity (Wildman–Crippen MR) is 89.8 cm³/mol. The summed E-state index contributed by atoms with van der Waals surface area (Å²) in [5.74, 6) is 1.94. The third-order valence-electron chi connectivity index (χ3n) is 5.44. The number of hydrogen-bond donors (Lipinski definition) is 0. The highest BCUT2D eigenvalue weighted by Crippen LogP contribution is 2.37. The summed E-state index contributed by atoms with van der Waals surface area (Å²) in [6.45, 7) is 3.52. The van der Waals surface area contributed by atoms with E-state index in [0.717, 1.165) is 24.3 Å². The maximum absolute atomic E-state index is 12.3. The van der Waals surface area contributed by atoms with E-state index in [1.165, 1.54) is 25.8 Å². The van der Waals surface area contributed by atoms with Crippen LogP contribution in [0.4, 0.5) is 0 Å². The number of carbonyl (C=O) groups excluding carboxylic acids is 1. The fourth-order valence-corrected chi connectivity index (χ4v) is 4.33. The highest BCUT2D eigenvalue weighted by Gasteiger charge is 2.38. The van der Waals surface area contributed by atoms with Crippen molar-refractivity contribution < 1.29 is 9.53 Å². The monoisotopic (exact) mass is 334 g/mol. The Morgan fingerprint density at radius 1 is 1.26 bits per heavy atom. The van der Waals surface area contributed by atoms with Crippen molar-refractivity contribution in [3.8, 4) is 5.75 Å². The largest absolute Gasteiger partial charge is 0.487 e. The second kappa shape index (κ2) is 6.33. The van der Waals surface area contributed by atoms with Crippen molar-refractivity contribution in [3.05, 3.63) is 29.3 Å². The van der Waals surface area contributed by atoms with Gasteiger partial charge in [-0.25, -0.2) is 0 Å². The van der Waals surface area contributed by atoms with Gasteiger partial charge in [0.15, 0.2) is 0 Å². The first-order chi connectivity index (χ1) is 11.2. The number of hydrogen-bond acceptors (Lipinski definition) is 3. The van der Waals surface area contributed by atoms with Gasteiger partial charge in [0.25, 0.3) is 0 Å². The Morgan fingerprint density at radius 3 is 2.83 bits per heavy atom. The average Bonchev–Trinajstić information content (AvgIpc) is 3.11. The first-order valence-corrected chi connectivity index (χ1v) is 8.99. The normalized spacial score (nSPS) is 27.3. The average molecular weight is 335 g/mol. The zero-order chi connectivity index (χ0) is 15.8. The topological polar surface area (TPSA) is 32.8 Å². The van der Waals surface area contributed by atoms with Gasteiger partial charge in [0.1, 0.15) is 11.9 Å². The molecule has 2 heterocycles. The molecule has 1 saturated carbocycles. The minimum Gasteiger partial charge on any atom is -0.487 e. The number of rotatable bonds is 5. The molecule has 0 N–H and O–H groups in total. The zero-order valence-electron chi connectivity index (χ0n) is 13.3. The van der Waals surface area contributed by atoms with Crippen molar-refractivity contribution in [2.75, 3.05) is 26.2 Å². The Balaban J connectivity index is 1.18. The molecule has 1 aliphatic carbocycles. The molecule has 4 rings (SSSR count). The number of benzene rings is 1. The van der Waals surface area contributed by atoms with Gasteiger partial charge in [-0.15, -0.1) is 0 Å². The maximum Gasteiger partial charge on any atom is 0.224 e. The van der Waals surface area contributed by atoms with Crippen LogP contribution in [0.2, 0.25) is 5.02 Å². The number of piperidine rings is 1. The van der Waals surface area contributed by atoms with E-state index >= 15 is 0 Å². The fraction of sp³-hybridized carbons (Fsp3) is 0.611. The molecule has 124 valence electrons. The lowest BCUT2D eigenvalue weighted by atomic mass is 10.1. The number of fused-ring (bicyclic) bond motifs is 2. The molecule has 1 amide bonds.